The predicted molar refractivity (Wildman–Crippen MR) is 35.5 cm³/mol. The van der Waals surface area contributed by atoms with Crippen molar-refractivity contribution in [1.29, 1.82) is 0 Å². The quantitative estimate of drug-likeness (QED) is 0.541. The molecule has 56 valence electrons. The van der Waals surface area contributed by atoms with Crippen molar-refractivity contribution in [2.45, 2.75) is 19.0 Å². The maximum Gasteiger partial charge on any atom is 0.312 e. The molecule has 0 unspecified atom stereocenters. The summed E-state index contributed by atoms with van der Waals surface area (Å²) in [7, 11) is 0. The number of carbonyl (C=O) groups is 1. The maximum absolute atomic E-state index is 10.1. The van der Waals surface area contributed by atoms with Crippen LogP contribution in [0.25, 0.3) is 0 Å². The molecule has 0 aromatic rings. The van der Waals surface area contributed by atoms with E-state index in [9.17, 15) is 4.79 Å². The molecule has 5 heteroatoms. The van der Waals surface area contributed by atoms with Crippen molar-refractivity contribution in [3.05, 3.63) is 0 Å². The molecule has 0 saturated heterocycles. The van der Waals surface area contributed by atoms with Crippen LogP contribution < -0.4 is 11.1 Å². The van der Waals surface area contributed by atoms with Crippen molar-refractivity contribution >= 4 is 6.03 Å². The molecule has 2 amide bonds. The molecule has 0 aromatic heterocycles. The molecule has 0 atom stereocenters. The SMILES string of the molecule is NC(=O)NCCCC1N=N1. The highest BCUT2D eigenvalue weighted by Gasteiger charge is 2.13. The van der Waals surface area contributed by atoms with Crippen LogP contribution in [0.1, 0.15) is 12.8 Å². The van der Waals surface area contributed by atoms with E-state index in [-0.39, 0.29) is 6.17 Å². The van der Waals surface area contributed by atoms with Gasteiger partial charge in [-0.25, -0.2) is 4.79 Å². The molecular formula is C5H10N4O. The van der Waals surface area contributed by atoms with Gasteiger partial charge in [-0.3, -0.25) is 0 Å². The molecule has 3 N–H and O–H groups in total. The minimum absolute atomic E-state index is 0.203. The number of urea groups is 1. The molecule has 1 rings (SSSR count). The van der Waals surface area contributed by atoms with Crippen molar-refractivity contribution in [2.75, 3.05) is 6.54 Å². The fourth-order valence-corrected chi connectivity index (χ4v) is 0.659. The zero-order valence-corrected chi connectivity index (χ0v) is 5.58. The molecule has 10 heavy (non-hydrogen) atoms. The molecule has 0 spiro atoms. The standard InChI is InChI=1S/C5H10N4O/c6-5(10)7-3-1-2-4-8-9-4/h4H,1-3H2,(H3,6,7,10). The third-order valence-electron chi connectivity index (χ3n) is 1.22. The second kappa shape index (κ2) is 3.14. The maximum atomic E-state index is 10.1. The number of amides is 2. The lowest BCUT2D eigenvalue weighted by Gasteiger charge is -1.97. The van der Waals surface area contributed by atoms with Gasteiger partial charge in [-0.2, -0.15) is 10.2 Å². The Hall–Kier alpha value is -1.13. The van der Waals surface area contributed by atoms with Crippen molar-refractivity contribution in [3.63, 3.8) is 0 Å². The van der Waals surface area contributed by atoms with E-state index in [0.717, 1.165) is 12.8 Å². The summed E-state index contributed by atoms with van der Waals surface area (Å²) in [5, 5.41) is 9.88. The second-order valence-electron chi connectivity index (χ2n) is 2.14. The summed E-state index contributed by atoms with van der Waals surface area (Å²) < 4.78 is 0. The summed E-state index contributed by atoms with van der Waals surface area (Å²) in [5.74, 6) is 0. The number of nitrogens with two attached hydrogens (primary N) is 1. The van der Waals surface area contributed by atoms with Crippen molar-refractivity contribution in [2.24, 2.45) is 16.0 Å². The Kier molecular flexibility index (Phi) is 2.20. The molecule has 1 aliphatic rings. The van der Waals surface area contributed by atoms with Crippen LogP contribution in [0.15, 0.2) is 10.2 Å². The summed E-state index contributed by atoms with van der Waals surface area (Å²) in [6.45, 7) is 0.622. The minimum Gasteiger partial charge on any atom is -0.352 e. The normalized spacial score (nSPS) is 15.2. The minimum atomic E-state index is -0.468. The smallest absolute Gasteiger partial charge is 0.312 e. The number of primary amides is 1. The van der Waals surface area contributed by atoms with E-state index in [0.29, 0.717) is 6.54 Å². The summed E-state index contributed by atoms with van der Waals surface area (Å²) in [6.07, 6.45) is 2.01. The van der Waals surface area contributed by atoms with Gasteiger partial charge < -0.3 is 11.1 Å². The molecule has 1 heterocycles. The molecule has 0 bridgehead atoms. The Morgan fingerprint density at radius 2 is 2.30 bits per heavy atom. The van der Waals surface area contributed by atoms with Crippen LogP contribution in [0.5, 0.6) is 0 Å². The Labute approximate surface area is 58.7 Å². The van der Waals surface area contributed by atoms with Gasteiger partial charge in [-0.15, -0.1) is 0 Å². The third kappa shape index (κ3) is 3.01. The highest BCUT2D eigenvalue weighted by atomic mass is 16.2. The molecule has 0 aliphatic carbocycles. The fourth-order valence-electron chi connectivity index (χ4n) is 0.659. The van der Waals surface area contributed by atoms with Gasteiger partial charge in [0, 0.05) is 6.54 Å². The van der Waals surface area contributed by atoms with Gasteiger partial charge in [0.25, 0.3) is 0 Å². The van der Waals surface area contributed by atoms with Gasteiger partial charge >= 0.3 is 6.03 Å². The Bertz CT molecular complexity index is 150. The van der Waals surface area contributed by atoms with Crippen LogP contribution >= 0.6 is 0 Å². The van der Waals surface area contributed by atoms with Crippen molar-refractivity contribution in [1.82, 2.24) is 5.32 Å². The van der Waals surface area contributed by atoms with Gasteiger partial charge in [-0.05, 0) is 12.8 Å². The number of hydrogen-bond acceptors (Lipinski definition) is 3. The highest BCUT2D eigenvalue weighted by Crippen LogP contribution is 2.15. The van der Waals surface area contributed by atoms with Crippen LogP contribution in [0.3, 0.4) is 0 Å². The van der Waals surface area contributed by atoms with E-state index >= 15 is 0 Å². The van der Waals surface area contributed by atoms with Gasteiger partial charge in [-0.1, -0.05) is 0 Å². The van der Waals surface area contributed by atoms with E-state index in [1.54, 1.807) is 0 Å². The third-order valence-corrected chi connectivity index (χ3v) is 1.22. The second-order valence-corrected chi connectivity index (χ2v) is 2.14. The van der Waals surface area contributed by atoms with Gasteiger partial charge in [0.05, 0.1) is 0 Å². The number of carbonyl (C=O) groups excluding carboxylic acids is 1. The molecule has 0 radical (unpaired) electrons. The van der Waals surface area contributed by atoms with Crippen molar-refractivity contribution in [3.8, 4) is 0 Å². The number of nitrogens with zero attached hydrogens (tertiary/aromatic N) is 2. The average molecular weight is 142 g/mol. The molecule has 5 nitrogen and oxygen atoms in total. The number of hydrogen-bond donors (Lipinski definition) is 2. The first kappa shape index (κ1) is 6.98. The van der Waals surface area contributed by atoms with Gasteiger partial charge in [0.1, 0.15) is 0 Å². The topological polar surface area (TPSA) is 79.8 Å². The first-order valence-electron chi connectivity index (χ1n) is 3.22. The van der Waals surface area contributed by atoms with E-state index in [1.807, 2.05) is 0 Å². The Balaban J connectivity index is 1.81. The van der Waals surface area contributed by atoms with Crippen LogP contribution in [0.4, 0.5) is 4.79 Å². The highest BCUT2D eigenvalue weighted by molar-refractivity contribution is 5.71. The lowest BCUT2D eigenvalue weighted by molar-refractivity contribution is 0.248. The lowest BCUT2D eigenvalue weighted by Crippen LogP contribution is -2.30. The summed E-state index contributed by atoms with van der Waals surface area (Å²) in [6, 6.07) is -0.468. The van der Waals surface area contributed by atoms with Crippen LogP contribution in [0.2, 0.25) is 0 Å². The molecule has 0 saturated carbocycles. The number of rotatable bonds is 4. The van der Waals surface area contributed by atoms with Crippen molar-refractivity contribution < 1.29 is 4.79 Å². The molecule has 0 fully saturated rings. The van der Waals surface area contributed by atoms with Crippen LogP contribution in [-0.4, -0.2) is 18.7 Å². The predicted octanol–water partition coefficient (Wildman–Crippen LogP) is 0.227. The summed E-state index contributed by atoms with van der Waals surface area (Å²) >= 11 is 0. The van der Waals surface area contributed by atoms with E-state index in [2.05, 4.69) is 15.5 Å². The van der Waals surface area contributed by atoms with E-state index < -0.39 is 6.03 Å². The van der Waals surface area contributed by atoms with Gasteiger partial charge in [0.15, 0.2) is 6.17 Å². The van der Waals surface area contributed by atoms with E-state index in [1.165, 1.54) is 0 Å². The van der Waals surface area contributed by atoms with Crippen LogP contribution in [0, 0.1) is 0 Å². The molecule has 1 aliphatic heterocycles. The zero-order chi connectivity index (χ0) is 7.40. The first-order valence-corrected chi connectivity index (χ1v) is 3.22. The first-order chi connectivity index (χ1) is 4.79. The fraction of sp³-hybridized carbons (Fsp3) is 0.800. The molecule has 0 aromatic carbocycles. The summed E-state index contributed by atoms with van der Waals surface area (Å²) in [5.41, 5.74) is 4.83. The Morgan fingerprint density at radius 1 is 1.60 bits per heavy atom. The van der Waals surface area contributed by atoms with Crippen LogP contribution in [-0.2, 0) is 0 Å². The summed E-state index contributed by atoms with van der Waals surface area (Å²) in [4.78, 5) is 10.1. The monoisotopic (exact) mass is 142 g/mol. The largest absolute Gasteiger partial charge is 0.352 e. The lowest BCUT2D eigenvalue weighted by atomic mass is 10.3. The number of nitrogens with one attached hydrogen (secondary N) is 1. The average Bonchev–Trinajstić information content (AvgIpc) is 2.62. The Morgan fingerprint density at radius 3 is 2.80 bits per heavy atom. The van der Waals surface area contributed by atoms with Gasteiger partial charge in [0.2, 0.25) is 0 Å². The molecular weight excluding hydrogens is 132 g/mol. The zero-order valence-electron chi connectivity index (χ0n) is 5.58. The van der Waals surface area contributed by atoms with E-state index in [4.69, 9.17) is 5.73 Å².